The monoisotopic (exact) mass is 256 g/mol. The predicted molar refractivity (Wildman–Crippen MR) is 73.4 cm³/mol. The van der Waals surface area contributed by atoms with Crippen LogP contribution in [-0.4, -0.2) is 47.2 Å². The molecular weight excluding hydrogens is 228 g/mol. The van der Waals surface area contributed by atoms with Crippen LogP contribution in [0.3, 0.4) is 0 Å². The summed E-state index contributed by atoms with van der Waals surface area (Å²) < 4.78 is 0. The number of carbonyl (C=O) groups is 1. The highest BCUT2D eigenvalue weighted by Crippen LogP contribution is 2.19. The van der Waals surface area contributed by atoms with Crippen LogP contribution in [0.1, 0.15) is 47.0 Å². The maximum atomic E-state index is 11.9. The minimum absolute atomic E-state index is 0.0908. The van der Waals surface area contributed by atoms with Crippen molar-refractivity contribution in [1.82, 2.24) is 10.2 Å². The first-order valence-corrected chi connectivity index (χ1v) is 7.05. The molecule has 1 rings (SSSR count). The van der Waals surface area contributed by atoms with Crippen molar-refractivity contribution in [3.8, 4) is 0 Å². The zero-order valence-electron chi connectivity index (χ0n) is 12.2. The molecule has 2 atom stereocenters. The highest BCUT2D eigenvalue weighted by Gasteiger charge is 2.26. The molecule has 0 aromatic carbocycles. The molecule has 1 fully saturated rings. The van der Waals surface area contributed by atoms with Crippen LogP contribution in [0, 0.1) is 5.92 Å². The van der Waals surface area contributed by atoms with E-state index in [1.165, 1.54) is 0 Å². The van der Waals surface area contributed by atoms with Gasteiger partial charge in [0, 0.05) is 12.1 Å². The molecule has 0 saturated carbocycles. The van der Waals surface area contributed by atoms with E-state index in [2.05, 4.69) is 17.1 Å². The lowest BCUT2D eigenvalue weighted by Gasteiger charge is -2.34. The molecule has 0 aliphatic carbocycles. The van der Waals surface area contributed by atoms with Crippen LogP contribution in [0.4, 0.5) is 0 Å². The van der Waals surface area contributed by atoms with Crippen LogP contribution in [0.5, 0.6) is 0 Å². The summed E-state index contributed by atoms with van der Waals surface area (Å²) in [5, 5.41) is 12.7. The van der Waals surface area contributed by atoms with Crippen LogP contribution in [0.15, 0.2) is 0 Å². The number of aliphatic hydroxyl groups is 1. The minimum Gasteiger partial charge on any atom is -0.393 e. The number of hydrogen-bond donors (Lipinski definition) is 2. The van der Waals surface area contributed by atoms with E-state index in [4.69, 9.17) is 0 Å². The van der Waals surface area contributed by atoms with Gasteiger partial charge in [0.25, 0.3) is 0 Å². The number of likely N-dealkylation sites (tertiary alicyclic amines) is 1. The maximum absolute atomic E-state index is 11.9. The number of amides is 1. The summed E-state index contributed by atoms with van der Waals surface area (Å²) in [5.74, 6) is 0.402. The van der Waals surface area contributed by atoms with E-state index in [1.54, 1.807) is 0 Å². The highest BCUT2D eigenvalue weighted by atomic mass is 16.3. The fraction of sp³-hybridized carbons (Fsp3) is 0.929. The molecule has 1 aliphatic heterocycles. The Bertz CT molecular complexity index is 277. The van der Waals surface area contributed by atoms with Gasteiger partial charge in [-0.25, -0.2) is 0 Å². The second kappa shape index (κ2) is 6.53. The van der Waals surface area contributed by atoms with E-state index in [1.807, 2.05) is 20.8 Å². The molecule has 4 nitrogen and oxygen atoms in total. The first kappa shape index (κ1) is 15.4. The summed E-state index contributed by atoms with van der Waals surface area (Å²) >= 11 is 0. The first-order chi connectivity index (χ1) is 8.34. The molecule has 1 amide bonds. The number of aliphatic hydroxyl groups excluding tert-OH is 1. The molecule has 0 aromatic rings. The van der Waals surface area contributed by atoms with Crippen molar-refractivity contribution in [3.05, 3.63) is 0 Å². The Labute approximate surface area is 111 Å². The predicted octanol–water partition coefficient (Wildman–Crippen LogP) is 1.38. The molecule has 0 radical (unpaired) electrons. The van der Waals surface area contributed by atoms with E-state index in [9.17, 15) is 9.90 Å². The lowest BCUT2D eigenvalue weighted by molar-refractivity contribution is -0.124. The molecule has 0 bridgehead atoms. The van der Waals surface area contributed by atoms with Crippen molar-refractivity contribution in [3.63, 3.8) is 0 Å². The molecule has 106 valence electrons. The lowest BCUT2D eigenvalue weighted by Crippen LogP contribution is -2.49. The number of nitrogens with one attached hydrogen (secondary N) is 1. The Morgan fingerprint density at radius 3 is 2.78 bits per heavy atom. The topological polar surface area (TPSA) is 52.6 Å². The fourth-order valence-corrected chi connectivity index (χ4v) is 2.34. The zero-order chi connectivity index (χ0) is 13.8. The molecule has 1 aliphatic rings. The van der Waals surface area contributed by atoms with E-state index in [-0.39, 0.29) is 17.6 Å². The van der Waals surface area contributed by atoms with Crippen molar-refractivity contribution in [2.45, 2.75) is 58.6 Å². The third-order valence-electron chi connectivity index (χ3n) is 3.95. The highest BCUT2D eigenvalue weighted by molar-refractivity contribution is 5.78. The van der Waals surface area contributed by atoms with Crippen LogP contribution in [0.2, 0.25) is 0 Å². The molecule has 1 heterocycles. The van der Waals surface area contributed by atoms with Gasteiger partial charge >= 0.3 is 0 Å². The quantitative estimate of drug-likeness (QED) is 0.781. The van der Waals surface area contributed by atoms with Gasteiger partial charge in [0.2, 0.25) is 5.91 Å². The summed E-state index contributed by atoms with van der Waals surface area (Å²) in [7, 11) is 0. The zero-order valence-corrected chi connectivity index (χ0v) is 12.2. The molecule has 0 aromatic heterocycles. The molecular formula is C14H28N2O2. The van der Waals surface area contributed by atoms with E-state index in [0.29, 0.717) is 12.5 Å². The maximum Gasteiger partial charge on any atom is 0.234 e. The van der Waals surface area contributed by atoms with Gasteiger partial charge in [0.15, 0.2) is 0 Å². The van der Waals surface area contributed by atoms with Crippen LogP contribution in [0.25, 0.3) is 0 Å². The Morgan fingerprint density at radius 2 is 2.22 bits per heavy atom. The van der Waals surface area contributed by atoms with Gasteiger partial charge in [-0.05, 0) is 52.5 Å². The van der Waals surface area contributed by atoms with Crippen LogP contribution >= 0.6 is 0 Å². The normalized spacial score (nSPS) is 23.7. The molecule has 18 heavy (non-hydrogen) atoms. The number of rotatable bonds is 5. The average Bonchev–Trinajstić information content (AvgIpc) is 2.28. The van der Waals surface area contributed by atoms with Crippen molar-refractivity contribution in [2.75, 3.05) is 19.6 Å². The van der Waals surface area contributed by atoms with E-state index >= 15 is 0 Å². The van der Waals surface area contributed by atoms with Crippen molar-refractivity contribution in [1.29, 1.82) is 0 Å². The second-order valence-corrected chi connectivity index (χ2v) is 6.16. The van der Waals surface area contributed by atoms with E-state index < -0.39 is 0 Å². The van der Waals surface area contributed by atoms with Crippen LogP contribution in [-0.2, 0) is 4.79 Å². The Morgan fingerprint density at radius 1 is 1.56 bits per heavy atom. The van der Waals surface area contributed by atoms with Gasteiger partial charge < -0.3 is 10.4 Å². The molecule has 2 unspecified atom stereocenters. The van der Waals surface area contributed by atoms with Crippen molar-refractivity contribution in [2.24, 2.45) is 5.92 Å². The minimum atomic E-state index is -0.275. The van der Waals surface area contributed by atoms with Gasteiger partial charge in [0.05, 0.1) is 12.6 Å². The summed E-state index contributed by atoms with van der Waals surface area (Å²) in [6.45, 7) is 10.2. The van der Waals surface area contributed by atoms with Gasteiger partial charge in [-0.2, -0.15) is 0 Å². The second-order valence-electron chi connectivity index (χ2n) is 6.16. The van der Waals surface area contributed by atoms with Gasteiger partial charge in [-0.3, -0.25) is 9.69 Å². The first-order valence-electron chi connectivity index (χ1n) is 7.05. The average molecular weight is 256 g/mol. The summed E-state index contributed by atoms with van der Waals surface area (Å²) in [5.41, 5.74) is -0.128. The number of nitrogens with zero attached hydrogens (tertiary/aromatic N) is 1. The third-order valence-corrected chi connectivity index (χ3v) is 3.95. The molecule has 1 saturated heterocycles. The number of piperidine rings is 1. The van der Waals surface area contributed by atoms with Gasteiger partial charge in [0.1, 0.15) is 0 Å². The number of carbonyl (C=O) groups excluding carboxylic acids is 1. The standard InChI is InChI=1S/C14H28N2O2/c1-5-14(3,4)15-13(18)10-16-8-6-7-12(9-16)11(2)17/h11-12,17H,5-10H2,1-4H3,(H,15,18). The Kier molecular flexibility index (Phi) is 5.60. The SMILES string of the molecule is CCC(C)(C)NC(=O)CN1CCCC(C(C)O)C1. The fourth-order valence-electron chi connectivity index (χ4n) is 2.34. The molecule has 4 heteroatoms. The molecule has 0 spiro atoms. The summed E-state index contributed by atoms with van der Waals surface area (Å²) in [4.78, 5) is 14.1. The smallest absolute Gasteiger partial charge is 0.234 e. The summed E-state index contributed by atoms with van der Waals surface area (Å²) in [6, 6.07) is 0. The lowest BCUT2D eigenvalue weighted by atomic mass is 9.93. The van der Waals surface area contributed by atoms with Crippen LogP contribution < -0.4 is 5.32 Å². The van der Waals surface area contributed by atoms with Gasteiger partial charge in [-0.15, -0.1) is 0 Å². The van der Waals surface area contributed by atoms with Crippen molar-refractivity contribution >= 4 is 5.91 Å². The Hall–Kier alpha value is -0.610. The van der Waals surface area contributed by atoms with E-state index in [0.717, 1.165) is 32.4 Å². The van der Waals surface area contributed by atoms with Crippen molar-refractivity contribution < 1.29 is 9.90 Å². The summed E-state index contributed by atoms with van der Waals surface area (Å²) in [6.07, 6.45) is 2.79. The largest absolute Gasteiger partial charge is 0.393 e. The Balaban J connectivity index is 2.40. The number of hydrogen-bond acceptors (Lipinski definition) is 3. The van der Waals surface area contributed by atoms with Gasteiger partial charge in [-0.1, -0.05) is 6.92 Å². The third kappa shape index (κ3) is 4.94. The molecule has 2 N–H and O–H groups in total.